The zero-order valence-electron chi connectivity index (χ0n) is 19.4. The number of piperidine rings is 2. The number of hydrogen-bond donors (Lipinski definition) is 0. The van der Waals surface area contributed by atoms with Crippen molar-refractivity contribution < 1.29 is 14.4 Å². The number of likely N-dealkylation sites (tertiary alicyclic amines) is 1. The Morgan fingerprint density at radius 3 is 2.58 bits per heavy atom. The average molecular weight is 450 g/mol. The summed E-state index contributed by atoms with van der Waals surface area (Å²) in [5.41, 5.74) is 3.48. The molecule has 0 saturated carbocycles. The highest BCUT2D eigenvalue weighted by Gasteiger charge is 2.40. The molecule has 0 bridgehead atoms. The first-order valence-electron chi connectivity index (χ1n) is 12.0. The SMILES string of the molecule is Cc1c(CN2C(=O)c3cccc(N4CCCC(C(=O)N5CCCCC5)C4)c3C2=O)cnn1C. The van der Waals surface area contributed by atoms with E-state index in [4.69, 9.17) is 0 Å². The Morgan fingerprint density at radius 2 is 1.85 bits per heavy atom. The lowest BCUT2D eigenvalue weighted by molar-refractivity contribution is -0.136. The summed E-state index contributed by atoms with van der Waals surface area (Å²) in [5.74, 6) is -0.353. The Hall–Kier alpha value is -3.16. The van der Waals surface area contributed by atoms with Crippen molar-refractivity contribution in [1.29, 1.82) is 0 Å². The summed E-state index contributed by atoms with van der Waals surface area (Å²) in [5, 5.41) is 4.23. The van der Waals surface area contributed by atoms with Crippen LogP contribution in [0.5, 0.6) is 0 Å². The number of carbonyl (C=O) groups excluding carboxylic acids is 3. The third-order valence-electron chi connectivity index (χ3n) is 7.42. The summed E-state index contributed by atoms with van der Waals surface area (Å²) in [7, 11) is 1.84. The van der Waals surface area contributed by atoms with E-state index in [-0.39, 0.29) is 30.2 Å². The van der Waals surface area contributed by atoms with Gasteiger partial charge in [0.2, 0.25) is 5.91 Å². The molecule has 4 heterocycles. The van der Waals surface area contributed by atoms with Crippen LogP contribution in [0.15, 0.2) is 24.4 Å². The van der Waals surface area contributed by atoms with Gasteiger partial charge < -0.3 is 9.80 Å². The highest BCUT2D eigenvalue weighted by Crippen LogP contribution is 2.35. The molecular formula is C25H31N5O3. The van der Waals surface area contributed by atoms with Crippen LogP contribution in [0.3, 0.4) is 0 Å². The highest BCUT2D eigenvalue weighted by molar-refractivity contribution is 6.23. The fourth-order valence-corrected chi connectivity index (χ4v) is 5.36. The fourth-order valence-electron chi connectivity index (χ4n) is 5.36. The monoisotopic (exact) mass is 449 g/mol. The molecule has 0 N–H and O–H groups in total. The Bertz CT molecular complexity index is 1100. The number of benzene rings is 1. The first kappa shape index (κ1) is 21.7. The lowest BCUT2D eigenvalue weighted by Crippen LogP contribution is -2.46. The molecule has 5 rings (SSSR count). The van der Waals surface area contributed by atoms with Crippen LogP contribution in [0.4, 0.5) is 5.69 Å². The van der Waals surface area contributed by atoms with E-state index in [1.54, 1.807) is 16.9 Å². The highest BCUT2D eigenvalue weighted by atomic mass is 16.2. The van der Waals surface area contributed by atoms with Crippen molar-refractivity contribution in [3.05, 3.63) is 46.8 Å². The van der Waals surface area contributed by atoms with Crippen LogP contribution < -0.4 is 4.90 Å². The number of carbonyl (C=O) groups is 3. The fraction of sp³-hybridized carbons (Fsp3) is 0.520. The molecule has 3 aliphatic rings. The number of fused-ring (bicyclic) bond motifs is 1. The maximum Gasteiger partial charge on any atom is 0.263 e. The van der Waals surface area contributed by atoms with Crippen molar-refractivity contribution in [2.75, 3.05) is 31.1 Å². The molecular weight excluding hydrogens is 418 g/mol. The lowest BCUT2D eigenvalue weighted by Gasteiger charge is -2.37. The normalized spacial score (nSPS) is 21.0. The molecule has 1 unspecified atom stereocenters. The molecule has 1 aromatic heterocycles. The van der Waals surface area contributed by atoms with E-state index < -0.39 is 0 Å². The molecule has 2 saturated heterocycles. The molecule has 8 nitrogen and oxygen atoms in total. The summed E-state index contributed by atoms with van der Waals surface area (Å²) >= 11 is 0. The van der Waals surface area contributed by atoms with Crippen LogP contribution in [0.1, 0.15) is 64.1 Å². The largest absolute Gasteiger partial charge is 0.370 e. The van der Waals surface area contributed by atoms with Crippen LogP contribution in [0, 0.1) is 12.8 Å². The molecule has 8 heteroatoms. The molecule has 0 spiro atoms. The predicted octanol–water partition coefficient (Wildman–Crippen LogP) is 2.75. The van der Waals surface area contributed by atoms with E-state index in [0.29, 0.717) is 17.7 Å². The van der Waals surface area contributed by atoms with Crippen molar-refractivity contribution in [2.24, 2.45) is 13.0 Å². The standard InChI is InChI=1S/C25H31N5O3/c1-17-19(14-26-27(17)2)16-30-24(32)20-9-6-10-21(22(20)25(30)33)29-13-7-8-18(15-29)23(31)28-11-4-3-5-12-28/h6,9-10,14,18H,3-5,7-8,11-13,15-16H2,1-2H3. The van der Waals surface area contributed by atoms with E-state index in [9.17, 15) is 14.4 Å². The van der Waals surface area contributed by atoms with E-state index in [1.807, 2.05) is 31.0 Å². The van der Waals surface area contributed by atoms with Crippen LogP contribution in [-0.4, -0.2) is 63.5 Å². The van der Waals surface area contributed by atoms with Gasteiger partial charge in [0, 0.05) is 44.5 Å². The minimum Gasteiger partial charge on any atom is -0.370 e. The van der Waals surface area contributed by atoms with E-state index in [1.165, 1.54) is 11.3 Å². The predicted molar refractivity (Wildman–Crippen MR) is 124 cm³/mol. The van der Waals surface area contributed by atoms with Gasteiger partial charge in [-0.2, -0.15) is 5.10 Å². The van der Waals surface area contributed by atoms with Crippen LogP contribution in [0.25, 0.3) is 0 Å². The van der Waals surface area contributed by atoms with Gasteiger partial charge in [-0.1, -0.05) is 6.07 Å². The van der Waals surface area contributed by atoms with Gasteiger partial charge >= 0.3 is 0 Å². The second kappa shape index (κ2) is 8.65. The summed E-state index contributed by atoms with van der Waals surface area (Å²) in [6.45, 7) is 5.22. The number of hydrogen-bond acceptors (Lipinski definition) is 5. The molecule has 0 aliphatic carbocycles. The van der Waals surface area contributed by atoms with E-state index in [0.717, 1.165) is 62.3 Å². The number of rotatable bonds is 4. The first-order valence-corrected chi connectivity index (χ1v) is 12.0. The molecule has 3 aliphatic heterocycles. The van der Waals surface area contributed by atoms with Gasteiger partial charge in [-0.15, -0.1) is 0 Å². The van der Waals surface area contributed by atoms with Gasteiger partial charge in [0.15, 0.2) is 0 Å². The van der Waals surface area contributed by atoms with Crippen molar-refractivity contribution in [3.63, 3.8) is 0 Å². The Kier molecular flexibility index (Phi) is 5.68. The summed E-state index contributed by atoms with van der Waals surface area (Å²) in [6, 6.07) is 5.49. The first-order chi connectivity index (χ1) is 16.0. The lowest BCUT2D eigenvalue weighted by atomic mass is 9.94. The van der Waals surface area contributed by atoms with E-state index in [2.05, 4.69) is 10.00 Å². The summed E-state index contributed by atoms with van der Waals surface area (Å²) < 4.78 is 1.74. The second-order valence-corrected chi connectivity index (χ2v) is 9.45. The zero-order chi connectivity index (χ0) is 23.1. The topological polar surface area (TPSA) is 78.8 Å². The second-order valence-electron chi connectivity index (χ2n) is 9.45. The van der Waals surface area contributed by atoms with Gasteiger partial charge in [-0.05, 0) is 51.2 Å². The number of amides is 3. The van der Waals surface area contributed by atoms with Gasteiger partial charge in [-0.3, -0.25) is 24.0 Å². The molecule has 33 heavy (non-hydrogen) atoms. The maximum atomic E-state index is 13.4. The maximum absolute atomic E-state index is 13.4. The Balaban J connectivity index is 1.38. The van der Waals surface area contributed by atoms with Gasteiger partial charge in [-0.25, -0.2) is 0 Å². The molecule has 174 valence electrons. The molecule has 2 aromatic rings. The van der Waals surface area contributed by atoms with Gasteiger partial charge in [0.05, 0.1) is 35.5 Å². The van der Waals surface area contributed by atoms with Crippen molar-refractivity contribution >= 4 is 23.4 Å². The average Bonchev–Trinajstić information content (AvgIpc) is 3.30. The summed E-state index contributed by atoms with van der Waals surface area (Å²) in [6.07, 6.45) is 6.84. The van der Waals surface area contributed by atoms with Crippen LogP contribution in [0.2, 0.25) is 0 Å². The number of nitrogens with zero attached hydrogens (tertiary/aromatic N) is 5. The number of aryl methyl sites for hydroxylation is 1. The Morgan fingerprint density at radius 1 is 1.06 bits per heavy atom. The van der Waals surface area contributed by atoms with Crippen LogP contribution in [-0.2, 0) is 18.4 Å². The van der Waals surface area contributed by atoms with Gasteiger partial charge in [0.1, 0.15) is 0 Å². The Labute approximate surface area is 194 Å². The van der Waals surface area contributed by atoms with Crippen molar-refractivity contribution in [2.45, 2.75) is 45.6 Å². The quantitative estimate of drug-likeness (QED) is 0.671. The van der Waals surface area contributed by atoms with Crippen molar-refractivity contribution in [3.8, 4) is 0 Å². The summed E-state index contributed by atoms with van der Waals surface area (Å²) in [4.78, 5) is 45.2. The molecule has 2 fully saturated rings. The third-order valence-corrected chi connectivity index (χ3v) is 7.42. The molecule has 1 atom stereocenters. The van der Waals surface area contributed by atoms with E-state index >= 15 is 0 Å². The molecule has 3 amide bonds. The zero-order valence-corrected chi connectivity index (χ0v) is 19.4. The third kappa shape index (κ3) is 3.81. The number of aromatic nitrogens is 2. The molecule has 0 radical (unpaired) electrons. The minimum atomic E-state index is -0.266. The smallest absolute Gasteiger partial charge is 0.263 e. The molecule has 1 aromatic carbocycles. The van der Waals surface area contributed by atoms with Crippen molar-refractivity contribution in [1.82, 2.24) is 19.6 Å². The van der Waals surface area contributed by atoms with Crippen LogP contribution >= 0.6 is 0 Å². The minimum absolute atomic E-state index is 0.0611. The number of anilines is 1. The number of imide groups is 1. The van der Waals surface area contributed by atoms with Gasteiger partial charge in [0.25, 0.3) is 11.8 Å².